The van der Waals surface area contributed by atoms with Crippen molar-refractivity contribution in [2.75, 3.05) is 6.54 Å². The molecule has 0 radical (unpaired) electrons. The Morgan fingerprint density at radius 1 is 1.43 bits per heavy atom. The van der Waals surface area contributed by atoms with Crippen LogP contribution in [0.2, 0.25) is 0 Å². The van der Waals surface area contributed by atoms with Gasteiger partial charge in [-0.1, -0.05) is 40.2 Å². The molecule has 1 aliphatic carbocycles. The van der Waals surface area contributed by atoms with E-state index in [0.717, 1.165) is 16.6 Å². The normalized spacial score (nSPS) is 15.5. The highest BCUT2D eigenvalue weighted by Crippen LogP contribution is 2.13. The van der Waals surface area contributed by atoms with Gasteiger partial charge in [0.2, 0.25) is 0 Å². The zero-order valence-corrected chi connectivity index (χ0v) is 14.4. The van der Waals surface area contributed by atoms with Crippen molar-refractivity contribution in [3.63, 3.8) is 0 Å². The number of hydrogen-bond donors (Lipinski definition) is 2. The first-order valence-electron chi connectivity index (χ1n) is 6.88. The van der Waals surface area contributed by atoms with E-state index in [1.54, 1.807) is 12.2 Å². The molecule has 114 valence electrons. The van der Waals surface area contributed by atoms with E-state index in [0.29, 0.717) is 24.5 Å². The van der Waals surface area contributed by atoms with Crippen LogP contribution < -0.4 is 10.6 Å². The molecule has 2 nitrogen and oxygen atoms in total. The number of rotatable bonds is 6. The van der Waals surface area contributed by atoms with Crippen molar-refractivity contribution in [1.29, 1.82) is 0 Å². The molecule has 0 atom stereocenters. The molecule has 2 N–H and O–H groups in total. The van der Waals surface area contributed by atoms with E-state index in [2.05, 4.69) is 38.7 Å². The van der Waals surface area contributed by atoms with E-state index >= 15 is 0 Å². The molecule has 0 aromatic carbocycles. The first-order chi connectivity index (χ1) is 10.1. The summed E-state index contributed by atoms with van der Waals surface area (Å²) < 4.78 is 14.3. The monoisotopic (exact) mass is 370 g/mol. The third-order valence-corrected chi connectivity index (χ3v) is 3.51. The van der Waals surface area contributed by atoms with Crippen molar-refractivity contribution in [3.8, 4) is 0 Å². The van der Waals surface area contributed by atoms with Crippen LogP contribution in [0, 0.1) is 0 Å². The maximum Gasteiger partial charge on any atom is 0.170 e. The molecule has 0 aromatic rings. The van der Waals surface area contributed by atoms with Crippen molar-refractivity contribution in [1.82, 2.24) is 10.6 Å². The van der Waals surface area contributed by atoms with Crippen LogP contribution in [0.15, 0.2) is 58.5 Å². The number of nitrogens with one attached hydrogen (secondary N) is 2. The minimum Gasteiger partial charge on any atom is -0.362 e. The second-order valence-corrected chi connectivity index (χ2v) is 5.77. The third kappa shape index (κ3) is 8.63. The molecule has 0 fully saturated rings. The lowest BCUT2D eigenvalue weighted by Crippen LogP contribution is -2.34. The minimum atomic E-state index is -0.112. The van der Waals surface area contributed by atoms with Crippen LogP contribution in [-0.2, 0) is 0 Å². The third-order valence-electron chi connectivity index (χ3n) is 2.68. The van der Waals surface area contributed by atoms with E-state index in [9.17, 15) is 4.39 Å². The van der Waals surface area contributed by atoms with Crippen molar-refractivity contribution in [2.24, 2.45) is 0 Å². The van der Waals surface area contributed by atoms with Gasteiger partial charge < -0.3 is 10.6 Å². The summed E-state index contributed by atoms with van der Waals surface area (Å²) in [5, 5.41) is 6.76. The Kier molecular flexibility index (Phi) is 8.94. The molecule has 0 heterocycles. The summed E-state index contributed by atoms with van der Waals surface area (Å²) in [7, 11) is 0. The number of hydrogen-bond acceptors (Lipinski definition) is 1. The summed E-state index contributed by atoms with van der Waals surface area (Å²) in [6, 6.07) is 0. The lowest BCUT2D eigenvalue weighted by atomic mass is 10.2. The molecule has 0 saturated heterocycles. The van der Waals surface area contributed by atoms with Gasteiger partial charge in [-0.2, -0.15) is 0 Å². The number of allylic oxidation sites excluding steroid dienone is 9. The van der Waals surface area contributed by atoms with Crippen molar-refractivity contribution in [2.45, 2.75) is 26.2 Å². The van der Waals surface area contributed by atoms with Crippen LogP contribution >= 0.6 is 28.1 Å². The smallest absolute Gasteiger partial charge is 0.170 e. The highest BCUT2D eigenvalue weighted by Gasteiger charge is 2.00. The fraction of sp³-hybridized carbons (Fsp3) is 0.312. The molecule has 1 aliphatic rings. The van der Waals surface area contributed by atoms with Gasteiger partial charge in [-0.05, 0) is 50.2 Å². The number of halogens is 2. The van der Waals surface area contributed by atoms with Gasteiger partial charge in [0.15, 0.2) is 5.11 Å². The molecule has 0 saturated carbocycles. The average Bonchev–Trinajstić information content (AvgIpc) is 2.66. The Morgan fingerprint density at radius 2 is 2.24 bits per heavy atom. The lowest BCUT2D eigenvalue weighted by Gasteiger charge is -2.10. The minimum absolute atomic E-state index is 0.112. The van der Waals surface area contributed by atoms with Crippen molar-refractivity contribution < 1.29 is 4.39 Å². The molecule has 0 spiro atoms. The molecule has 0 aromatic heterocycles. The fourth-order valence-corrected chi connectivity index (χ4v) is 2.15. The molecule has 1 rings (SSSR count). The topological polar surface area (TPSA) is 24.1 Å². The lowest BCUT2D eigenvalue weighted by molar-refractivity contribution is 0.570. The van der Waals surface area contributed by atoms with Gasteiger partial charge in [-0.15, -0.1) is 0 Å². The first kappa shape index (κ1) is 17.9. The second kappa shape index (κ2) is 10.5. The van der Waals surface area contributed by atoms with E-state index < -0.39 is 0 Å². The van der Waals surface area contributed by atoms with Crippen molar-refractivity contribution in [3.05, 3.63) is 58.5 Å². The highest BCUT2D eigenvalue weighted by atomic mass is 79.9. The molecular formula is C16H20BrFN2S. The molecule has 0 bridgehead atoms. The maximum atomic E-state index is 13.3. The van der Waals surface area contributed by atoms with E-state index in [1.165, 1.54) is 6.08 Å². The Morgan fingerprint density at radius 3 is 3.00 bits per heavy atom. The molecule has 21 heavy (non-hydrogen) atoms. The van der Waals surface area contributed by atoms with Crippen LogP contribution in [0.4, 0.5) is 4.39 Å². The Hall–Kier alpha value is -1.20. The largest absolute Gasteiger partial charge is 0.362 e. The SMILES string of the molecule is C/C=C\C=C(\F)CCCNC(=S)NC1=CCC=C(Br)C=C1. The van der Waals surface area contributed by atoms with E-state index in [4.69, 9.17) is 12.2 Å². The predicted molar refractivity (Wildman–Crippen MR) is 95.8 cm³/mol. The average molecular weight is 371 g/mol. The number of thiocarbonyl (C=S) groups is 1. The van der Waals surface area contributed by atoms with Crippen molar-refractivity contribution >= 4 is 33.3 Å². The van der Waals surface area contributed by atoms with E-state index in [1.807, 2.05) is 19.1 Å². The molecule has 0 aliphatic heterocycles. The van der Waals surface area contributed by atoms with Gasteiger partial charge in [0, 0.05) is 23.1 Å². The standard InChI is InChI=1S/C16H20BrFN2S/c1-2-3-7-14(18)8-5-12-19-16(21)20-15-9-4-6-13(17)10-11-15/h2-3,6-7,9-11H,4-5,8,12H2,1H3,(H2,19,20,21)/b3-2-,14-7+. The predicted octanol–water partition coefficient (Wildman–Crippen LogP) is 4.78. The summed E-state index contributed by atoms with van der Waals surface area (Å²) in [5.41, 5.74) is 0.956. The van der Waals surface area contributed by atoms with Crippen LogP contribution in [-0.4, -0.2) is 11.7 Å². The Bertz CT molecular complexity index is 504. The van der Waals surface area contributed by atoms with Gasteiger partial charge in [-0.25, -0.2) is 4.39 Å². The molecule has 0 amide bonds. The first-order valence-corrected chi connectivity index (χ1v) is 8.08. The maximum absolute atomic E-state index is 13.3. The van der Waals surface area contributed by atoms with E-state index in [-0.39, 0.29) is 5.83 Å². The fourth-order valence-electron chi connectivity index (χ4n) is 1.62. The Balaban J connectivity index is 2.23. The zero-order valence-electron chi connectivity index (χ0n) is 12.0. The van der Waals surface area contributed by atoms with Gasteiger partial charge in [0.05, 0.1) is 5.83 Å². The molecular weight excluding hydrogens is 351 g/mol. The molecule has 5 heteroatoms. The van der Waals surface area contributed by atoms with Gasteiger partial charge in [0.1, 0.15) is 0 Å². The summed E-state index contributed by atoms with van der Waals surface area (Å²) in [5.74, 6) is -0.112. The summed E-state index contributed by atoms with van der Waals surface area (Å²) >= 11 is 8.65. The summed E-state index contributed by atoms with van der Waals surface area (Å²) in [6.45, 7) is 2.50. The van der Waals surface area contributed by atoms with Gasteiger partial charge in [0.25, 0.3) is 0 Å². The van der Waals surface area contributed by atoms with Crippen LogP contribution in [0.25, 0.3) is 0 Å². The van der Waals surface area contributed by atoms with Crippen LogP contribution in [0.1, 0.15) is 26.2 Å². The van der Waals surface area contributed by atoms with Gasteiger partial charge in [-0.3, -0.25) is 0 Å². The second-order valence-electron chi connectivity index (χ2n) is 4.44. The Labute approximate surface area is 139 Å². The van der Waals surface area contributed by atoms with Crippen LogP contribution in [0.3, 0.4) is 0 Å². The summed E-state index contributed by atoms with van der Waals surface area (Å²) in [4.78, 5) is 0. The van der Waals surface area contributed by atoms with Crippen LogP contribution in [0.5, 0.6) is 0 Å². The zero-order chi connectivity index (χ0) is 15.5. The molecule has 0 unspecified atom stereocenters. The quantitative estimate of drug-likeness (QED) is 0.399. The highest BCUT2D eigenvalue weighted by molar-refractivity contribution is 9.11. The summed E-state index contributed by atoms with van der Waals surface area (Å²) in [6.07, 6.45) is 15.0. The van der Waals surface area contributed by atoms with Gasteiger partial charge >= 0.3 is 0 Å².